The summed E-state index contributed by atoms with van der Waals surface area (Å²) in [6, 6.07) is 0. The summed E-state index contributed by atoms with van der Waals surface area (Å²) in [6.07, 6.45) is 3.37. The number of aromatic nitrogens is 2. The van der Waals surface area contributed by atoms with E-state index in [1.807, 2.05) is 27.7 Å². The van der Waals surface area contributed by atoms with E-state index in [1.165, 1.54) is 0 Å². The smallest absolute Gasteiger partial charge is 0.323 e. The van der Waals surface area contributed by atoms with Crippen molar-refractivity contribution >= 4 is 11.9 Å². The highest BCUT2D eigenvalue weighted by Crippen LogP contribution is 2.19. The molecule has 88 valence electrons. The summed E-state index contributed by atoms with van der Waals surface area (Å²) >= 11 is 0. The first-order chi connectivity index (χ1) is 7.30. The van der Waals surface area contributed by atoms with E-state index in [4.69, 9.17) is 5.11 Å². The van der Waals surface area contributed by atoms with Crippen LogP contribution >= 0.6 is 0 Å². The SMILES string of the molecule is Cc1cnc(N(CC(=O)O)C(C)(C)C)nc1. The van der Waals surface area contributed by atoms with Crippen molar-refractivity contribution in [2.24, 2.45) is 0 Å². The lowest BCUT2D eigenvalue weighted by Gasteiger charge is -2.34. The zero-order chi connectivity index (χ0) is 12.3. The van der Waals surface area contributed by atoms with Gasteiger partial charge in [-0.05, 0) is 33.3 Å². The molecular formula is C11H17N3O2. The maximum absolute atomic E-state index is 10.8. The molecule has 1 heterocycles. The molecule has 0 radical (unpaired) electrons. The molecular weight excluding hydrogens is 206 g/mol. The zero-order valence-corrected chi connectivity index (χ0v) is 10.1. The molecule has 0 bridgehead atoms. The zero-order valence-electron chi connectivity index (χ0n) is 10.1. The number of nitrogens with zero attached hydrogens (tertiary/aromatic N) is 3. The van der Waals surface area contributed by atoms with Crippen molar-refractivity contribution in [2.45, 2.75) is 33.2 Å². The van der Waals surface area contributed by atoms with Crippen molar-refractivity contribution in [1.29, 1.82) is 0 Å². The van der Waals surface area contributed by atoms with Crippen LogP contribution in [0.4, 0.5) is 5.95 Å². The fourth-order valence-corrected chi connectivity index (χ4v) is 1.27. The average Bonchev–Trinajstić information content (AvgIpc) is 2.14. The molecule has 5 heteroatoms. The maximum atomic E-state index is 10.8. The molecule has 0 saturated heterocycles. The molecule has 0 spiro atoms. The van der Waals surface area contributed by atoms with Gasteiger partial charge in [-0.2, -0.15) is 0 Å². The van der Waals surface area contributed by atoms with E-state index in [2.05, 4.69) is 9.97 Å². The fraction of sp³-hybridized carbons (Fsp3) is 0.545. The molecule has 1 N–H and O–H groups in total. The topological polar surface area (TPSA) is 66.3 Å². The number of anilines is 1. The normalized spacial score (nSPS) is 11.2. The van der Waals surface area contributed by atoms with Crippen molar-refractivity contribution in [3.8, 4) is 0 Å². The Kier molecular flexibility index (Phi) is 3.47. The van der Waals surface area contributed by atoms with Crippen molar-refractivity contribution < 1.29 is 9.90 Å². The van der Waals surface area contributed by atoms with Gasteiger partial charge in [-0.15, -0.1) is 0 Å². The lowest BCUT2D eigenvalue weighted by atomic mass is 10.1. The highest BCUT2D eigenvalue weighted by atomic mass is 16.4. The minimum Gasteiger partial charge on any atom is -0.480 e. The summed E-state index contributed by atoms with van der Waals surface area (Å²) in [5.41, 5.74) is 0.626. The lowest BCUT2D eigenvalue weighted by Crippen LogP contribution is -2.45. The van der Waals surface area contributed by atoms with Gasteiger partial charge in [0.2, 0.25) is 5.95 Å². The molecule has 0 saturated carbocycles. The van der Waals surface area contributed by atoms with E-state index in [0.717, 1.165) is 5.56 Å². The number of aryl methyl sites for hydroxylation is 1. The molecule has 0 fully saturated rings. The Balaban J connectivity index is 3.01. The number of carbonyl (C=O) groups is 1. The summed E-state index contributed by atoms with van der Waals surface area (Å²) in [6.45, 7) is 7.58. The van der Waals surface area contributed by atoms with Gasteiger partial charge in [0.1, 0.15) is 6.54 Å². The third-order valence-corrected chi connectivity index (χ3v) is 2.11. The summed E-state index contributed by atoms with van der Waals surface area (Å²) in [5, 5.41) is 8.87. The second-order valence-electron chi connectivity index (χ2n) is 4.71. The predicted octanol–water partition coefficient (Wildman–Crippen LogP) is 1.47. The third-order valence-electron chi connectivity index (χ3n) is 2.11. The van der Waals surface area contributed by atoms with E-state index in [9.17, 15) is 4.79 Å². The Bertz CT molecular complexity index is 368. The first-order valence-electron chi connectivity index (χ1n) is 5.09. The van der Waals surface area contributed by atoms with Crippen LogP contribution in [0.1, 0.15) is 26.3 Å². The van der Waals surface area contributed by atoms with Gasteiger partial charge in [0.15, 0.2) is 0 Å². The van der Waals surface area contributed by atoms with Gasteiger partial charge in [0, 0.05) is 17.9 Å². The lowest BCUT2D eigenvalue weighted by molar-refractivity contribution is -0.135. The van der Waals surface area contributed by atoms with Crippen LogP contribution in [-0.2, 0) is 4.79 Å². The van der Waals surface area contributed by atoms with Gasteiger partial charge in [-0.3, -0.25) is 4.79 Å². The predicted molar refractivity (Wildman–Crippen MR) is 61.5 cm³/mol. The van der Waals surface area contributed by atoms with E-state index < -0.39 is 5.97 Å². The van der Waals surface area contributed by atoms with E-state index in [-0.39, 0.29) is 12.1 Å². The molecule has 0 aromatic carbocycles. The average molecular weight is 223 g/mol. The molecule has 0 unspecified atom stereocenters. The highest BCUT2D eigenvalue weighted by molar-refractivity contribution is 5.73. The number of rotatable bonds is 3. The van der Waals surface area contributed by atoms with Crippen LogP contribution in [0.3, 0.4) is 0 Å². The molecule has 1 aromatic rings. The molecule has 1 rings (SSSR count). The van der Waals surface area contributed by atoms with Gasteiger partial charge >= 0.3 is 5.97 Å². The standard InChI is InChI=1S/C11H17N3O2/c1-8-5-12-10(13-6-8)14(7-9(15)16)11(2,3)4/h5-6H,7H2,1-4H3,(H,15,16). The second-order valence-corrected chi connectivity index (χ2v) is 4.71. The minimum atomic E-state index is -0.890. The van der Waals surface area contributed by atoms with Gasteiger partial charge < -0.3 is 10.0 Å². The van der Waals surface area contributed by atoms with Crippen LogP contribution < -0.4 is 4.90 Å². The van der Waals surface area contributed by atoms with Gasteiger partial charge in [-0.1, -0.05) is 0 Å². The number of carboxylic acid groups (broad SMARTS) is 1. The molecule has 1 aromatic heterocycles. The fourth-order valence-electron chi connectivity index (χ4n) is 1.27. The highest BCUT2D eigenvalue weighted by Gasteiger charge is 2.25. The quantitative estimate of drug-likeness (QED) is 0.840. The molecule has 0 aliphatic heterocycles. The number of carboxylic acids is 1. The third kappa shape index (κ3) is 3.18. The van der Waals surface area contributed by atoms with Crippen molar-refractivity contribution in [1.82, 2.24) is 9.97 Å². The molecule has 16 heavy (non-hydrogen) atoms. The first kappa shape index (κ1) is 12.4. The van der Waals surface area contributed by atoms with E-state index in [1.54, 1.807) is 17.3 Å². The van der Waals surface area contributed by atoms with Crippen molar-refractivity contribution in [3.05, 3.63) is 18.0 Å². The second kappa shape index (κ2) is 4.47. The first-order valence-corrected chi connectivity index (χ1v) is 5.09. The summed E-state index contributed by atoms with van der Waals surface area (Å²) in [7, 11) is 0. The van der Waals surface area contributed by atoms with Crippen LogP contribution in [-0.4, -0.2) is 33.1 Å². The molecule has 0 aliphatic rings. The van der Waals surface area contributed by atoms with Crippen molar-refractivity contribution in [3.63, 3.8) is 0 Å². The Morgan fingerprint density at radius 1 is 1.38 bits per heavy atom. The van der Waals surface area contributed by atoms with E-state index in [0.29, 0.717) is 5.95 Å². The number of hydrogen-bond acceptors (Lipinski definition) is 4. The van der Waals surface area contributed by atoms with Gasteiger partial charge in [0.25, 0.3) is 0 Å². The Morgan fingerprint density at radius 3 is 2.25 bits per heavy atom. The van der Waals surface area contributed by atoms with Gasteiger partial charge in [0.05, 0.1) is 0 Å². The largest absolute Gasteiger partial charge is 0.480 e. The van der Waals surface area contributed by atoms with Crippen LogP contribution in [0, 0.1) is 6.92 Å². The Labute approximate surface area is 95.1 Å². The van der Waals surface area contributed by atoms with Crippen LogP contribution in [0.15, 0.2) is 12.4 Å². The van der Waals surface area contributed by atoms with Crippen LogP contribution in [0.5, 0.6) is 0 Å². The molecule has 5 nitrogen and oxygen atoms in total. The summed E-state index contributed by atoms with van der Waals surface area (Å²) in [4.78, 5) is 20.8. The Hall–Kier alpha value is -1.65. The summed E-state index contributed by atoms with van der Waals surface area (Å²) < 4.78 is 0. The van der Waals surface area contributed by atoms with E-state index >= 15 is 0 Å². The molecule has 0 atom stereocenters. The Morgan fingerprint density at radius 2 is 1.88 bits per heavy atom. The van der Waals surface area contributed by atoms with Gasteiger partial charge in [-0.25, -0.2) is 9.97 Å². The molecule has 0 amide bonds. The van der Waals surface area contributed by atoms with Crippen molar-refractivity contribution in [2.75, 3.05) is 11.4 Å². The monoisotopic (exact) mass is 223 g/mol. The van der Waals surface area contributed by atoms with Crippen LogP contribution in [0.2, 0.25) is 0 Å². The number of aliphatic carboxylic acids is 1. The summed E-state index contributed by atoms with van der Waals surface area (Å²) in [5.74, 6) is -0.445. The van der Waals surface area contributed by atoms with Crippen LogP contribution in [0.25, 0.3) is 0 Å². The molecule has 0 aliphatic carbocycles. The number of hydrogen-bond donors (Lipinski definition) is 1. The maximum Gasteiger partial charge on any atom is 0.323 e. The minimum absolute atomic E-state index is 0.105.